The Morgan fingerprint density at radius 2 is 1.20 bits per heavy atom. The zero-order valence-corrected chi connectivity index (χ0v) is 29.1. The van der Waals surface area contributed by atoms with Crippen molar-refractivity contribution in [2.75, 3.05) is 4.81 Å². The maximum absolute atomic E-state index is 2.70. The van der Waals surface area contributed by atoms with E-state index in [-0.39, 0.29) is 17.7 Å². The summed E-state index contributed by atoms with van der Waals surface area (Å²) >= 11 is 0. The van der Waals surface area contributed by atoms with Crippen LogP contribution >= 0.6 is 0 Å². The number of hydrogen-bond acceptors (Lipinski definition) is 1. The van der Waals surface area contributed by atoms with Crippen molar-refractivity contribution in [3.63, 3.8) is 0 Å². The standard InChI is InChI=1S/C48H38BN/c1-47(2)38-22-12-13-23-39(38)48(3,4)41-28-43-35(27-40(41)47)36-25-30-16-9-11-20-33(30)45-37-26-29-15-8-10-19-32(29)34-21-14-24-42(44(34)37)49(46(36)45)50(43)31-17-6-5-7-18-31/h5-25,27-28,37H,26H2,1-4H3. The van der Waals surface area contributed by atoms with E-state index < -0.39 is 0 Å². The summed E-state index contributed by atoms with van der Waals surface area (Å²) in [4.78, 5) is 2.70. The highest BCUT2D eigenvalue weighted by atomic mass is 15.1. The zero-order valence-electron chi connectivity index (χ0n) is 29.1. The number of hydrogen-bond donors (Lipinski definition) is 0. The second-order valence-electron chi connectivity index (χ2n) is 16.0. The van der Waals surface area contributed by atoms with Gasteiger partial charge >= 0.3 is 6.85 Å². The van der Waals surface area contributed by atoms with Crippen molar-refractivity contribution in [2.45, 2.75) is 50.9 Å². The summed E-state index contributed by atoms with van der Waals surface area (Å²) in [5.41, 5.74) is 21.0. The Kier molecular flexibility index (Phi) is 5.51. The molecule has 4 aliphatic rings. The van der Waals surface area contributed by atoms with Crippen molar-refractivity contribution in [1.82, 2.24) is 0 Å². The van der Waals surface area contributed by atoms with Gasteiger partial charge in [-0.25, -0.2) is 0 Å². The van der Waals surface area contributed by atoms with E-state index in [2.05, 4.69) is 172 Å². The molecule has 0 bridgehead atoms. The lowest BCUT2D eigenvalue weighted by Crippen LogP contribution is -2.62. The van der Waals surface area contributed by atoms with Crippen molar-refractivity contribution >= 4 is 39.9 Å². The van der Waals surface area contributed by atoms with E-state index in [9.17, 15) is 0 Å². The third-order valence-corrected chi connectivity index (χ3v) is 12.9. The van der Waals surface area contributed by atoms with E-state index in [1.807, 2.05) is 0 Å². The van der Waals surface area contributed by atoms with Gasteiger partial charge < -0.3 is 4.81 Å². The van der Waals surface area contributed by atoms with Crippen LogP contribution < -0.4 is 15.7 Å². The Morgan fingerprint density at radius 3 is 2.00 bits per heavy atom. The van der Waals surface area contributed by atoms with Crippen LogP contribution in [0.5, 0.6) is 0 Å². The molecular formula is C48H38BN. The van der Waals surface area contributed by atoms with Gasteiger partial charge in [0.1, 0.15) is 0 Å². The molecule has 0 aromatic heterocycles. The van der Waals surface area contributed by atoms with Gasteiger partial charge in [-0.15, -0.1) is 0 Å². The lowest BCUT2D eigenvalue weighted by atomic mass is 9.38. The Bertz CT molecular complexity index is 2590. The van der Waals surface area contributed by atoms with Crippen LogP contribution in [0.25, 0.3) is 33.0 Å². The Morgan fingerprint density at radius 1 is 0.540 bits per heavy atom. The first kappa shape index (κ1) is 28.5. The topological polar surface area (TPSA) is 3.24 Å². The Hall–Kier alpha value is -5.34. The van der Waals surface area contributed by atoms with Crippen LogP contribution in [0.1, 0.15) is 72.6 Å². The maximum Gasteiger partial charge on any atom is 0.329 e. The van der Waals surface area contributed by atoms with Gasteiger partial charge in [0, 0.05) is 33.7 Å². The number of para-hydroxylation sites is 1. The molecule has 2 heteroatoms. The molecule has 0 N–H and O–H groups in total. The molecule has 0 spiro atoms. The highest BCUT2D eigenvalue weighted by molar-refractivity contribution is 6.92. The number of anilines is 2. The second-order valence-corrected chi connectivity index (χ2v) is 16.0. The molecule has 2 aliphatic heterocycles. The van der Waals surface area contributed by atoms with Crippen molar-refractivity contribution in [3.05, 3.63) is 178 Å². The maximum atomic E-state index is 2.70. The number of benzene rings is 7. The molecule has 2 aliphatic carbocycles. The highest BCUT2D eigenvalue weighted by Gasteiger charge is 2.49. The van der Waals surface area contributed by atoms with Gasteiger partial charge in [0.05, 0.1) is 0 Å². The first-order chi connectivity index (χ1) is 24.3. The minimum absolute atomic E-state index is 0.0565. The minimum atomic E-state index is -0.138. The predicted octanol–water partition coefficient (Wildman–Crippen LogP) is 10.4. The molecule has 1 unspecified atom stereocenters. The molecule has 0 radical (unpaired) electrons. The predicted molar refractivity (Wildman–Crippen MR) is 211 cm³/mol. The van der Waals surface area contributed by atoms with Gasteiger partial charge in [-0.3, -0.25) is 0 Å². The van der Waals surface area contributed by atoms with E-state index >= 15 is 0 Å². The van der Waals surface area contributed by atoms with Gasteiger partial charge in [0.2, 0.25) is 0 Å². The summed E-state index contributed by atoms with van der Waals surface area (Å²) in [6.45, 7) is 9.77. The van der Waals surface area contributed by atoms with Gasteiger partial charge in [-0.2, -0.15) is 0 Å². The summed E-state index contributed by atoms with van der Waals surface area (Å²) in [7, 11) is 0. The van der Waals surface area contributed by atoms with Crippen LogP contribution in [0, 0.1) is 0 Å². The van der Waals surface area contributed by atoms with E-state index in [0.29, 0.717) is 5.92 Å². The second kappa shape index (κ2) is 9.67. The minimum Gasteiger partial charge on any atom is -0.376 e. The van der Waals surface area contributed by atoms with Gasteiger partial charge in [-0.1, -0.05) is 137 Å². The van der Waals surface area contributed by atoms with Gasteiger partial charge in [-0.05, 0) is 114 Å². The van der Waals surface area contributed by atoms with E-state index in [1.165, 1.54) is 94.3 Å². The summed E-state index contributed by atoms with van der Waals surface area (Å²) in [5, 5.41) is 2.73. The lowest BCUT2D eigenvalue weighted by Gasteiger charge is -2.49. The zero-order chi connectivity index (χ0) is 33.5. The summed E-state index contributed by atoms with van der Waals surface area (Å²) in [6.07, 6.45) is 1.02. The molecule has 0 fully saturated rings. The van der Waals surface area contributed by atoms with Gasteiger partial charge in [0.25, 0.3) is 0 Å². The number of fused-ring (bicyclic) bond motifs is 10. The summed E-state index contributed by atoms with van der Waals surface area (Å²) in [6, 6.07) is 53.5. The van der Waals surface area contributed by atoms with Crippen molar-refractivity contribution < 1.29 is 0 Å². The molecule has 50 heavy (non-hydrogen) atoms. The summed E-state index contributed by atoms with van der Waals surface area (Å²) in [5.74, 6) is 0.297. The smallest absolute Gasteiger partial charge is 0.329 e. The normalized spacial score (nSPS) is 18.0. The van der Waals surface area contributed by atoms with Crippen LogP contribution in [-0.4, -0.2) is 6.85 Å². The summed E-state index contributed by atoms with van der Waals surface area (Å²) < 4.78 is 0. The third kappa shape index (κ3) is 3.49. The van der Waals surface area contributed by atoms with E-state index in [4.69, 9.17) is 0 Å². The Labute approximate surface area is 295 Å². The monoisotopic (exact) mass is 639 g/mol. The lowest BCUT2D eigenvalue weighted by molar-refractivity contribution is 0.521. The molecule has 0 saturated carbocycles. The molecule has 238 valence electrons. The van der Waals surface area contributed by atoms with Crippen LogP contribution in [0.15, 0.2) is 140 Å². The number of nitrogens with zero attached hydrogens (tertiary/aromatic N) is 1. The molecule has 11 rings (SSSR count). The largest absolute Gasteiger partial charge is 0.376 e. The fraction of sp³-hybridized carbons (Fsp3) is 0.167. The van der Waals surface area contributed by atoms with Gasteiger partial charge in [0.15, 0.2) is 0 Å². The molecule has 1 nitrogen and oxygen atoms in total. The van der Waals surface area contributed by atoms with Crippen LogP contribution in [0.4, 0.5) is 11.4 Å². The van der Waals surface area contributed by atoms with E-state index in [0.717, 1.165) is 6.42 Å². The molecule has 7 aromatic carbocycles. The molecular weight excluding hydrogens is 601 g/mol. The fourth-order valence-corrected chi connectivity index (χ4v) is 10.6. The van der Waals surface area contributed by atoms with E-state index in [1.54, 1.807) is 0 Å². The average molecular weight is 640 g/mol. The molecule has 1 atom stereocenters. The first-order valence-corrected chi connectivity index (χ1v) is 18.2. The molecule has 0 amide bonds. The SMILES string of the molecule is CC1(C)c2ccccc2C(C)(C)c2cc3c(cc21)-c1cc2ccccc2c2c1B(c1cccc4c1C2Cc1ccccc1-4)N3c1ccccc1. The fourth-order valence-electron chi connectivity index (χ4n) is 10.6. The average Bonchev–Trinajstić information content (AvgIpc) is 3.15. The van der Waals surface area contributed by atoms with Crippen LogP contribution in [-0.2, 0) is 17.3 Å². The van der Waals surface area contributed by atoms with Crippen LogP contribution in [0.3, 0.4) is 0 Å². The van der Waals surface area contributed by atoms with Crippen molar-refractivity contribution in [2.24, 2.45) is 0 Å². The molecule has 2 heterocycles. The molecule has 0 saturated heterocycles. The highest BCUT2D eigenvalue weighted by Crippen LogP contribution is 2.55. The van der Waals surface area contributed by atoms with Crippen LogP contribution in [0.2, 0.25) is 0 Å². The first-order valence-electron chi connectivity index (χ1n) is 18.2. The van der Waals surface area contributed by atoms with Crippen molar-refractivity contribution in [3.8, 4) is 22.3 Å². The molecule has 7 aromatic rings. The quantitative estimate of drug-likeness (QED) is 0.162. The number of rotatable bonds is 1. The van der Waals surface area contributed by atoms with Crippen molar-refractivity contribution in [1.29, 1.82) is 0 Å². The third-order valence-electron chi connectivity index (χ3n) is 12.9. The Balaban J connectivity index is 1.30.